The number of aliphatic hydroxyl groups is 1. The lowest BCUT2D eigenvalue weighted by Crippen LogP contribution is -2.43. The van der Waals surface area contributed by atoms with Gasteiger partial charge in [0.1, 0.15) is 5.60 Å². The third-order valence-corrected chi connectivity index (χ3v) is 5.10. The number of non-ortho nitro benzene ring substituents is 1. The van der Waals surface area contributed by atoms with Gasteiger partial charge in [0.15, 0.2) is 0 Å². The van der Waals surface area contributed by atoms with Crippen LogP contribution in [0.2, 0.25) is 0 Å². The van der Waals surface area contributed by atoms with Crippen LogP contribution in [-0.4, -0.2) is 39.7 Å². The van der Waals surface area contributed by atoms with E-state index in [1.165, 1.54) is 24.3 Å². The van der Waals surface area contributed by atoms with E-state index in [-0.39, 0.29) is 11.4 Å². The van der Waals surface area contributed by atoms with E-state index in [0.29, 0.717) is 0 Å². The number of nitro benzene ring substituents is 1. The monoisotopic (exact) mass is 330 g/mol. The van der Waals surface area contributed by atoms with Crippen molar-refractivity contribution in [3.05, 3.63) is 46.5 Å². The molecule has 2 fully saturated rings. The molecule has 2 bridgehead atoms. The summed E-state index contributed by atoms with van der Waals surface area (Å²) in [5.41, 5.74) is -2.22. The summed E-state index contributed by atoms with van der Waals surface area (Å²) in [4.78, 5) is 37.1. The van der Waals surface area contributed by atoms with E-state index in [4.69, 9.17) is 4.74 Å². The van der Waals surface area contributed by atoms with E-state index in [1.54, 1.807) is 19.1 Å². The molecule has 1 aromatic carbocycles. The minimum atomic E-state index is -1.21. The normalized spacial score (nSPS) is 36.5. The molecule has 2 saturated heterocycles. The molecule has 0 unspecified atom stereocenters. The zero-order chi connectivity index (χ0) is 17.3. The number of amides is 2. The first-order chi connectivity index (χ1) is 11.3. The number of nitro groups is 1. The van der Waals surface area contributed by atoms with Gasteiger partial charge in [-0.15, -0.1) is 0 Å². The average molecular weight is 330 g/mol. The smallest absolute Gasteiger partial charge is 0.271 e. The van der Waals surface area contributed by atoms with E-state index in [9.17, 15) is 24.8 Å². The summed E-state index contributed by atoms with van der Waals surface area (Å²) in [6.07, 6.45) is 3.34. The van der Waals surface area contributed by atoms with Crippen LogP contribution >= 0.6 is 0 Å². The average Bonchev–Trinajstić information content (AvgIpc) is 3.13. The van der Waals surface area contributed by atoms with Gasteiger partial charge in [-0.1, -0.05) is 18.2 Å². The summed E-state index contributed by atoms with van der Waals surface area (Å²) in [5, 5.41) is 20.7. The van der Waals surface area contributed by atoms with Crippen molar-refractivity contribution in [2.75, 3.05) is 11.5 Å². The molecule has 3 aliphatic heterocycles. The lowest BCUT2D eigenvalue weighted by molar-refractivity contribution is -0.384. The van der Waals surface area contributed by atoms with Crippen molar-refractivity contribution in [1.29, 1.82) is 0 Å². The Bertz CT molecular complexity index is 821. The van der Waals surface area contributed by atoms with Gasteiger partial charge in [0, 0.05) is 12.1 Å². The van der Waals surface area contributed by atoms with Crippen molar-refractivity contribution in [3.8, 4) is 0 Å². The maximum absolute atomic E-state index is 12.9. The van der Waals surface area contributed by atoms with Gasteiger partial charge in [-0.25, -0.2) is 4.90 Å². The lowest BCUT2D eigenvalue weighted by Gasteiger charge is -2.26. The maximum Gasteiger partial charge on any atom is 0.271 e. The second kappa shape index (κ2) is 4.49. The van der Waals surface area contributed by atoms with Crippen LogP contribution in [-0.2, 0) is 14.3 Å². The van der Waals surface area contributed by atoms with Gasteiger partial charge in [-0.2, -0.15) is 0 Å². The minimum Gasteiger partial charge on any atom is -0.393 e. The molecule has 124 valence electrons. The van der Waals surface area contributed by atoms with Gasteiger partial charge >= 0.3 is 0 Å². The Hall–Kier alpha value is -2.58. The SMILES string of the molecule is C[C@@]12C=C[C@](CO)(O1)[C@@H]1C(=O)N(c3cccc([N+](=O)[O-])c3)C(=O)[C@@H]12. The predicted molar refractivity (Wildman–Crippen MR) is 81.0 cm³/mol. The molecule has 3 aliphatic rings. The third-order valence-electron chi connectivity index (χ3n) is 5.10. The maximum atomic E-state index is 12.9. The Balaban J connectivity index is 1.80. The number of carbonyl (C=O) groups excluding carboxylic acids is 2. The number of ether oxygens (including phenoxy) is 1. The topological polar surface area (TPSA) is 110 Å². The van der Waals surface area contributed by atoms with Gasteiger partial charge in [0.2, 0.25) is 11.8 Å². The Morgan fingerprint density at radius 1 is 1.29 bits per heavy atom. The molecule has 2 amide bonds. The van der Waals surface area contributed by atoms with Gasteiger partial charge < -0.3 is 9.84 Å². The summed E-state index contributed by atoms with van der Waals surface area (Å²) >= 11 is 0. The molecule has 4 atom stereocenters. The summed E-state index contributed by atoms with van der Waals surface area (Å²) in [6, 6.07) is 5.39. The molecule has 0 aromatic heterocycles. The number of imide groups is 1. The van der Waals surface area contributed by atoms with Crippen molar-refractivity contribution >= 4 is 23.2 Å². The highest BCUT2D eigenvalue weighted by atomic mass is 16.6. The highest BCUT2D eigenvalue weighted by molar-refractivity contribution is 6.23. The van der Waals surface area contributed by atoms with Gasteiger partial charge in [0.05, 0.1) is 34.7 Å². The molecule has 0 spiro atoms. The molecule has 24 heavy (non-hydrogen) atoms. The van der Waals surface area contributed by atoms with Crippen LogP contribution in [0.4, 0.5) is 11.4 Å². The van der Waals surface area contributed by atoms with Crippen LogP contribution in [0.1, 0.15) is 6.92 Å². The van der Waals surface area contributed by atoms with Crippen molar-refractivity contribution < 1.29 is 24.4 Å². The molecule has 0 radical (unpaired) electrons. The van der Waals surface area contributed by atoms with Crippen molar-refractivity contribution in [3.63, 3.8) is 0 Å². The number of anilines is 1. The van der Waals surface area contributed by atoms with Gasteiger partial charge in [-0.3, -0.25) is 19.7 Å². The number of hydrogen-bond donors (Lipinski definition) is 1. The fourth-order valence-electron chi connectivity index (χ4n) is 4.04. The molecule has 8 heteroatoms. The van der Waals surface area contributed by atoms with Crippen LogP contribution in [0, 0.1) is 22.0 Å². The number of nitrogens with zero attached hydrogens (tertiary/aromatic N) is 2. The van der Waals surface area contributed by atoms with Crippen LogP contribution in [0.25, 0.3) is 0 Å². The van der Waals surface area contributed by atoms with Crippen molar-refractivity contribution in [1.82, 2.24) is 0 Å². The highest BCUT2D eigenvalue weighted by Gasteiger charge is 2.72. The second-order valence-electron chi connectivity index (χ2n) is 6.48. The molecule has 0 aliphatic carbocycles. The van der Waals surface area contributed by atoms with Gasteiger partial charge in [0.25, 0.3) is 5.69 Å². The minimum absolute atomic E-state index is 0.157. The zero-order valence-electron chi connectivity index (χ0n) is 12.7. The quantitative estimate of drug-likeness (QED) is 0.380. The zero-order valence-corrected chi connectivity index (χ0v) is 12.7. The number of fused-ring (bicyclic) bond motifs is 5. The van der Waals surface area contributed by atoms with E-state index in [0.717, 1.165) is 4.90 Å². The predicted octanol–water partition coefficient (Wildman–Crippen LogP) is 0.790. The van der Waals surface area contributed by atoms with Crippen LogP contribution in [0.5, 0.6) is 0 Å². The third kappa shape index (κ3) is 1.64. The first-order valence-corrected chi connectivity index (χ1v) is 7.47. The largest absolute Gasteiger partial charge is 0.393 e. The fraction of sp³-hybridized carbons (Fsp3) is 0.375. The first-order valence-electron chi connectivity index (χ1n) is 7.47. The summed E-state index contributed by atoms with van der Waals surface area (Å²) in [5.74, 6) is -2.55. The number of rotatable bonds is 3. The Morgan fingerprint density at radius 2 is 2.00 bits per heavy atom. The van der Waals surface area contributed by atoms with Crippen molar-refractivity contribution in [2.45, 2.75) is 18.1 Å². The van der Waals surface area contributed by atoms with Crippen LogP contribution in [0.3, 0.4) is 0 Å². The van der Waals surface area contributed by atoms with Crippen LogP contribution < -0.4 is 4.90 Å². The highest BCUT2D eigenvalue weighted by Crippen LogP contribution is 2.57. The molecule has 0 saturated carbocycles. The number of carbonyl (C=O) groups is 2. The molecule has 1 N–H and O–H groups in total. The second-order valence-corrected chi connectivity index (χ2v) is 6.48. The summed E-state index contributed by atoms with van der Waals surface area (Å²) in [6.45, 7) is 1.29. The van der Waals surface area contributed by atoms with E-state index >= 15 is 0 Å². The summed E-state index contributed by atoms with van der Waals surface area (Å²) in [7, 11) is 0. The number of aliphatic hydroxyl groups excluding tert-OH is 1. The molecule has 3 heterocycles. The molecule has 1 aromatic rings. The summed E-state index contributed by atoms with van der Waals surface area (Å²) < 4.78 is 5.81. The van der Waals surface area contributed by atoms with E-state index < -0.39 is 46.4 Å². The Morgan fingerprint density at radius 3 is 2.67 bits per heavy atom. The van der Waals surface area contributed by atoms with Gasteiger partial charge in [-0.05, 0) is 13.0 Å². The molecule has 4 rings (SSSR count). The number of hydrogen-bond acceptors (Lipinski definition) is 6. The van der Waals surface area contributed by atoms with Crippen LogP contribution in [0.15, 0.2) is 36.4 Å². The Kier molecular flexibility index (Phi) is 2.80. The van der Waals surface area contributed by atoms with Crippen molar-refractivity contribution in [2.24, 2.45) is 11.8 Å². The molecular formula is C16H14N2O6. The molecule has 8 nitrogen and oxygen atoms in total. The van der Waals surface area contributed by atoms with E-state index in [2.05, 4.69) is 0 Å². The molecular weight excluding hydrogens is 316 g/mol. The lowest BCUT2D eigenvalue weighted by atomic mass is 9.73. The first kappa shape index (κ1) is 15.0. The standard InChI is InChI=1S/C16H14N2O6/c1-15-5-6-16(8-19,24-15)12-11(15)13(20)17(14(12)21)9-3-2-4-10(7-9)18(22)23/h2-7,11-12,19H,8H2,1H3/t11-,12+,15+,16-/m1/s1. The Labute approximate surface area is 136 Å². The fourth-order valence-corrected chi connectivity index (χ4v) is 4.04. The number of benzene rings is 1. The van der Waals surface area contributed by atoms with E-state index in [1.807, 2.05) is 0 Å².